The van der Waals surface area contributed by atoms with Crippen molar-refractivity contribution in [1.82, 2.24) is 0 Å². The maximum atomic E-state index is 6.29. The van der Waals surface area contributed by atoms with Crippen LogP contribution in [0.1, 0.15) is 39.0 Å². The van der Waals surface area contributed by atoms with E-state index in [9.17, 15) is 0 Å². The van der Waals surface area contributed by atoms with Crippen LogP contribution >= 0.6 is 15.9 Å². The van der Waals surface area contributed by atoms with Crippen molar-refractivity contribution in [1.29, 1.82) is 0 Å². The summed E-state index contributed by atoms with van der Waals surface area (Å²) in [6.07, 6.45) is 6.49. The normalized spacial score (nSPS) is 42.0. The second kappa shape index (κ2) is 5.15. The molecule has 0 amide bonds. The predicted octanol–water partition coefficient (Wildman–Crippen LogP) is 3.14. The Morgan fingerprint density at radius 3 is 2.93 bits per heavy atom. The van der Waals surface area contributed by atoms with E-state index in [0.717, 1.165) is 30.9 Å². The maximum absolute atomic E-state index is 6.29. The highest BCUT2D eigenvalue weighted by Gasteiger charge is 2.37. The second-order valence-corrected chi connectivity index (χ2v) is 5.68. The SMILES string of the molecule is CC1CCCC(CBr)(OC2CCOC2)C1. The summed E-state index contributed by atoms with van der Waals surface area (Å²) >= 11 is 3.64. The molecule has 0 aromatic carbocycles. The van der Waals surface area contributed by atoms with Crippen molar-refractivity contribution >= 4 is 15.9 Å². The lowest BCUT2D eigenvalue weighted by atomic mass is 9.80. The topological polar surface area (TPSA) is 18.5 Å². The molecule has 2 rings (SSSR count). The predicted molar refractivity (Wildman–Crippen MR) is 64.5 cm³/mol. The molecule has 0 spiro atoms. The van der Waals surface area contributed by atoms with Crippen molar-refractivity contribution in [3.8, 4) is 0 Å². The zero-order valence-electron chi connectivity index (χ0n) is 9.51. The average molecular weight is 277 g/mol. The highest BCUT2D eigenvalue weighted by Crippen LogP contribution is 2.38. The Labute approximate surface area is 101 Å². The maximum Gasteiger partial charge on any atom is 0.0838 e. The summed E-state index contributed by atoms with van der Waals surface area (Å²) in [5, 5.41) is 0.973. The third-order valence-electron chi connectivity index (χ3n) is 3.60. The van der Waals surface area contributed by atoms with Crippen LogP contribution in [0.4, 0.5) is 0 Å². The molecule has 1 heterocycles. The first-order valence-corrected chi connectivity index (χ1v) is 7.18. The molecule has 3 heteroatoms. The standard InChI is InChI=1S/C12H21BrO2/c1-10-3-2-5-12(7-10,9-13)15-11-4-6-14-8-11/h10-11H,2-9H2,1H3. The molecule has 2 aliphatic rings. The van der Waals surface area contributed by atoms with E-state index in [1.54, 1.807) is 0 Å². The summed E-state index contributed by atoms with van der Waals surface area (Å²) in [4.78, 5) is 0. The van der Waals surface area contributed by atoms with Crippen LogP contribution < -0.4 is 0 Å². The number of halogens is 1. The number of hydrogen-bond donors (Lipinski definition) is 0. The Balaban J connectivity index is 1.93. The van der Waals surface area contributed by atoms with Gasteiger partial charge in [0.1, 0.15) is 0 Å². The van der Waals surface area contributed by atoms with Crippen LogP contribution in [-0.2, 0) is 9.47 Å². The van der Waals surface area contributed by atoms with Crippen molar-refractivity contribution in [3.05, 3.63) is 0 Å². The Bertz CT molecular complexity index is 204. The summed E-state index contributed by atoms with van der Waals surface area (Å²) in [5.41, 5.74) is 0.0933. The number of rotatable bonds is 3. The largest absolute Gasteiger partial charge is 0.379 e. The molecule has 1 saturated carbocycles. The minimum Gasteiger partial charge on any atom is -0.379 e. The molecule has 2 nitrogen and oxygen atoms in total. The van der Waals surface area contributed by atoms with E-state index in [0.29, 0.717) is 6.10 Å². The van der Waals surface area contributed by atoms with E-state index in [2.05, 4.69) is 22.9 Å². The van der Waals surface area contributed by atoms with Crippen LogP contribution in [0.15, 0.2) is 0 Å². The third-order valence-corrected chi connectivity index (χ3v) is 4.62. The first-order valence-electron chi connectivity index (χ1n) is 6.06. The van der Waals surface area contributed by atoms with Crippen LogP contribution in [0, 0.1) is 5.92 Å². The van der Waals surface area contributed by atoms with Crippen molar-refractivity contribution < 1.29 is 9.47 Å². The van der Waals surface area contributed by atoms with Gasteiger partial charge in [-0.25, -0.2) is 0 Å². The molecule has 2 fully saturated rings. The van der Waals surface area contributed by atoms with Gasteiger partial charge in [0, 0.05) is 11.9 Å². The average Bonchev–Trinajstić information content (AvgIpc) is 2.70. The summed E-state index contributed by atoms with van der Waals surface area (Å²) < 4.78 is 11.7. The fourth-order valence-corrected chi connectivity index (χ4v) is 3.47. The molecule has 1 saturated heterocycles. The quantitative estimate of drug-likeness (QED) is 0.738. The molecule has 1 aliphatic carbocycles. The van der Waals surface area contributed by atoms with Crippen molar-refractivity contribution in [2.75, 3.05) is 18.5 Å². The van der Waals surface area contributed by atoms with E-state index in [1.165, 1.54) is 25.7 Å². The molecule has 1 aliphatic heterocycles. The highest BCUT2D eigenvalue weighted by molar-refractivity contribution is 9.09. The molecule has 0 N–H and O–H groups in total. The molecule has 0 bridgehead atoms. The van der Waals surface area contributed by atoms with Gasteiger partial charge in [-0.2, -0.15) is 0 Å². The molecular formula is C12H21BrO2. The van der Waals surface area contributed by atoms with Gasteiger partial charge in [-0.05, 0) is 25.2 Å². The summed E-state index contributed by atoms with van der Waals surface area (Å²) in [7, 11) is 0. The van der Waals surface area contributed by atoms with Crippen LogP contribution in [0.3, 0.4) is 0 Å². The van der Waals surface area contributed by atoms with Crippen LogP contribution in [0.25, 0.3) is 0 Å². The molecule has 3 atom stereocenters. The minimum absolute atomic E-state index is 0.0933. The molecule has 0 aromatic rings. The summed E-state index contributed by atoms with van der Waals surface area (Å²) in [6, 6.07) is 0. The van der Waals surface area contributed by atoms with Gasteiger partial charge in [-0.1, -0.05) is 35.7 Å². The van der Waals surface area contributed by atoms with E-state index < -0.39 is 0 Å². The van der Waals surface area contributed by atoms with Gasteiger partial charge in [0.05, 0.1) is 18.3 Å². The van der Waals surface area contributed by atoms with Crippen LogP contribution in [0.5, 0.6) is 0 Å². The van der Waals surface area contributed by atoms with E-state index >= 15 is 0 Å². The second-order valence-electron chi connectivity index (χ2n) is 5.12. The smallest absolute Gasteiger partial charge is 0.0838 e. The van der Waals surface area contributed by atoms with E-state index in [1.807, 2.05) is 0 Å². The first-order chi connectivity index (χ1) is 7.24. The summed E-state index contributed by atoms with van der Waals surface area (Å²) in [6.45, 7) is 4.01. The number of hydrogen-bond acceptors (Lipinski definition) is 2. The Morgan fingerprint density at radius 1 is 1.47 bits per heavy atom. The van der Waals surface area contributed by atoms with Gasteiger partial charge < -0.3 is 9.47 Å². The van der Waals surface area contributed by atoms with Crippen molar-refractivity contribution in [2.45, 2.75) is 50.7 Å². The van der Waals surface area contributed by atoms with Crippen LogP contribution in [0.2, 0.25) is 0 Å². The fourth-order valence-electron chi connectivity index (χ4n) is 2.83. The zero-order chi connectivity index (χ0) is 10.7. The molecule has 3 unspecified atom stereocenters. The van der Waals surface area contributed by atoms with Gasteiger partial charge in [0.25, 0.3) is 0 Å². The zero-order valence-corrected chi connectivity index (χ0v) is 11.1. The van der Waals surface area contributed by atoms with Gasteiger partial charge in [-0.15, -0.1) is 0 Å². The Morgan fingerprint density at radius 2 is 2.33 bits per heavy atom. The first kappa shape index (κ1) is 11.9. The molecule has 15 heavy (non-hydrogen) atoms. The van der Waals surface area contributed by atoms with Gasteiger partial charge in [0.2, 0.25) is 0 Å². The molecule has 0 aromatic heterocycles. The Kier molecular flexibility index (Phi) is 4.08. The number of alkyl halides is 1. The Hall–Kier alpha value is 0.400. The minimum atomic E-state index is 0.0933. The lowest BCUT2D eigenvalue weighted by Crippen LogP contribution is -2.42. The van der Waals surface area contributed by atoms with E-state index in [4.69, 9.17) is 9.47 Å². The van der Waals surface area contributed by atoms with Gasteiger partial charge in [-0.3, -0.25) is 0 Å². The van der Waals surface area contributed by atoms with Crippen LogP contribution in [-0.4, -0.2) is 30.2 Å². The third kappa shape index (κ3) is 2.95. The van der Waals surface area contributed by atoms with Crippen molar-refractivity contribution in [2.24, 2.45) is 5.92 Å². The van der Waals surface area contributed by atoms with Gasteiger partial charge >= 0.3 is 0 Å². The molecular weight excluding hydrogens is 256 g/mol. The fraction of sp³-hybridized carbons (Fsp3) is 1.00. The summed E-state index contributed by atoms with van der Waals surface area (Å²) in [5.74, 6) is 0.804. The monoisotopic (exact) mass is 276 g/mol. The van der Waals surface area contributed by atoms with Gasteiger partial charge in [0.15, 0.2) is 0 Å². The van der Waals surface area contributed by atoms with Crippen molar-refractivity contribution in [3.63, 3.8) is 0 Å². The number of ether oxygens (including phenoxy) is 2. The molecule has 88 valence electrons. The molecule has 0 radical (unpaired) electrons. The lowest BCUT2D eigenvalue weighted by Gasteiger charge is -2.40. The highest BCUT2D eigenvalue weighted by atomic mass is 79.9. The van der Waals surface area contributed by atoms with E-state index in [-0.39, 0.29) is 5.60 Å². The lowest BCUT2D eigenvalue weighted by molar-refractivity contribution is -0.106.